The van der Waals surface area contributed by atoms with Gasteiger partial charge in [0, 0.05) is 36.1 Å². The van der Waals surface area contributed by atoms with E-state index in [1.54, 1.807) is 0 Å². The van der Waals surface area contributed by atoms with Crippen molar-refractivity contribution in [3.8, 4) is 0 Å². The standard InChI is InChI=1S/C23H27ClN2S/c1-23(2)21-5-3-4-6-22(21)27-26(23)12-11-25-14-17-13-19(20(17)15-25)16-7-9-18(24)10-8-16/h3-10,17,19-20H,11-15H2,1-2H3/t17-,19-,20+/m1/s1. The Kier molecular flexibility index (Phi) is 4.55. The van der Waals surface area contributed by atoms with Gasteiger partial charge in [-0.15, -0.1) is 0 Å². The van der Waals surface area contributed by atoms with Crippen molar-refractivity contribution < 1.29 is 0 Å². The van der Waals surface area contributed by atoms with Gasteiger partial charge in [0.2, 0.25) is 0 Å². The van der Waals surface area contributed by atoms with Crippen molar-refractivity contribution in [3.63, 3.8) is 0 Å². The third-order valence-corrected chi connectivity index (χ3v) is 8.60. The Morgan fingerprint density at radius 2 is 1.81 bits per heavy atom. The average molecular weight is 399 g/mol. The van der Waals surface area contributed by atoms with Crippen LogP contribution in [0.1, 0.15) is 37.3 Å². The normalized spacial score (nSPS) is 29.4. The summed E-state index contributed by atoms with van der Waals surface area (Å²) in [5, 5.41) is 0.842. The molecule has 0 bridgehead atoms. The van der Waals surface area contributed by atoms with Crippen LogP contribution in [0.3, 0.4) is 0 Å². The zero-order valence-electron chi connectivity index (χ0n) is 16.1. The molecule has 142 valence electrons. The van der Waals surface area contributed by atoms with Gasteiger partial charge in [-0.05, 0) is 79.3 Å². The molecular formula is C23H27ClN2S. The number of halogens is 1. The van der Waals surface area contributed by atoms with Gasteiger partial charge >= 0.3 is 0 Å². The summed E-state index contributed by atoms with van der Waals surface area (Å²) in [6.45, 7) is 9.54. The van der Waals surface area contributed by atoms with Crippen LogP contribution in [0.4, 0.5) is 0 Å². The maximum Gasteiger partial charge on any atom is 0.0520 e. The predicted molar refractivity (Wildman–Crippen MR) is 114 cm³/mol. The van der Waals surface area contributed by atoms with Gasteiger partial charge in [-0.1, -0.05) is 41.9 Å². The first kappa shape index (κ1) is 18.1. The van der Waals surface area contributed by atoms with Crippen molar-refractivity contribution in [3.05, 3.63) is 64.7 Å². The summed E-state index contributed by atoms with van der Waals surface area (Å²) in [7, 11) is 0. The van der Waals surface area contributed by atoms with Crippen LogP contribution in [0.15, 0.2) is 53.4 Å². The molecule has 3 aliphatic rings. The summed E-state index contributed by atoms with van der Waals surface area (Å²) in [6, 6.07) is 17.4. The second kappa shape index (κ2) is 6.81. The van der Waals surface area contributed by atoms with E-state index in [0.29, 0.717) is 0 Å². The Balaban J connectivity index is 1.19. The first-order chi connectivity index (χ1) is 13.0. The number of benzene rings is 2. The van der Waals surface area contributed by atoms with E-state index in [2.05, 4.69) is 59.5 Å². The van der Waals surface area contributed by atoms with Gasteiger partial charge in [0.05, 0.1) is 5.54 Å². The smallest absolute Gasteiger partial charge is 0.0520 e. The molecule has 2 aromatic carbocycles. The molecule has 2 heterocycles. The van der Waals surface area contributed by atoms with Gasteiger partial charge in [0.25, 0.3) is 0 Å². The molecule has 27 heavy (non-hydrogen) atoms. The summed E-state index contributed by atoms with van der Waals surface area (Å²) in [5.74, 6) is 2.46. The highest BCUT2D eigenvalue weighted by molar-refractivity contribution is 7.97. The van der Waals surface area contributed by atoms with E-state index >= 15 is 0 Å². The number of nitrogens with zero attached hydrogens (tertiary/aromatic N) is 2. The van der Waals surface area contributed by atoms with Crippen molar-refractivity contribution in [2.45, 2.75) is 36.6 Å². The Labute approximate surface area is 172 Å². The molecule has 4 heteroatoms. The Bertz CT molecular complexity index is 835. The van der Waals surface area contributed by atoms with Crippen LogP contribution < -0.4 is 0 Å². The molecule has 2 aliphatic heterocycles. The van der Waals surface area contributed by atoms with E-state index in [4.69, 9.17) is 11.6 Å². The van der Waals surface area contributed by atoms with E-state index in [9.17, 15) is 0 Å². The van der Waals surface area contributed by atoms with Crippen LogP contribution in [0, 0.1) is 11.8 Å². The molecule has 0 radical (unpaired) electrons. The zero-order valence-corrected chi connectivity index (χ0v) is 17.6. The first-order valence-electron chi connectivity index (χ1n) is 10.1. The highest BCUT2D eigenvalue weighted by Crippen LogP contribution is 2.52. The highest BCUT2D eigenvalue weighted by atomic mass is 35.5. The number of hydrogen-bond acceptors (Lipinski definition) is 3. The van der Waals surface area contributed by atoms with E-state index in [1.165, 1.54) is 42.1 Å². The fourth-order valence-corrected chi connectivity index (χ4v) is 6.67. The first-order valence-corrected chi connectivity index (χ1v) is 11.2. The summed E-state index contributed by atoms with van der Waals surface area (Å²) in [4.78, 5) is 4.12. The molecule has 1 saturated heterocycles. The van der Waals surface area contributed by atoms with Crippen LogP contribution >= 0.6 is 23.5 Å². The number of likely N-dealkylation sites (tertiary alicyclic amines) is 1. The molecule has 0 aromatic heterocycles. The topological polar surface area (TPSA) is 6.48 Å². The summed E-state index contributed by atoms with van der Waals surface area (Å²) < 4.78 is 2.58. The molecule has 3 atom stereocenters. The molecular weight excluding hydrogens is 372 g/mol. The monoisotopic (exact) mass is 398 g/mol. The predicted octanol–water partition coefficient (Wildman–Crippen LogP) is 5.63. The van der Waals surface area contributed by atoms with Crippen LogP contribution in [0.5, 0.6) is 0 Å². The quantitative estimate of drug-likeness (QED) is 0.616. The van der Waals surface area contributed by atoms with Crippen molar-refractivity contribution in [2.75, 3.05) is 26.2 Å². The zero-order chi connectivity index (χ0) is 18.6. The number of rotatable bonds is 4. The summed E-state index contributed by atoms with van der Waals surface area (Å²) in [6.07, 6.45) is 1.35. The van der Waals surface area contributed by atoms with Crippen molar-refractivity contribution in [2.24, 2.45) is 11.8 Å². The van der Waals surface area contributed by atoms with Gasteiger partial charge in [0.1, 0.15) is 0 Å². The lowest BCUT2D eigenvalue weighted by molar-refractivity contribution is 0.191. The molecule has 0 unspecified atom stereocenters. The fourth-order valence-electron chi connectivity index (χ4n) is 5.25. The van der Waals surface area contributed by atoms with Gasteiger partial charge < -0.3 is 4.90 Å². The Morgan fingerprint density at radius 1 is 1.04 bits per heavy atom. The molecule has 0 N–H and O–H groups in total. The van der Waals surface area contributed by atoms with Gasteiger partial charge in [0.15, 0.2) is 0 Å². The van der Waals surface area contributed by atoms with Crippen LogP contribution in [0.2, 0.25) is 5.02 Å². The van der Waals surface area contributed by atoms with Crippen LogP contribution in [0.25, 0.3) is 0 Å². The highest BCUT2D eigenvalue weighted by Gasteiger charge is 2.47. The second-order valence-electron chi connectivity index (χ2n) is 8.83. The van der Waals surface area contributed by atoms with Crippen LogP contribution in [-0.4, -0.2) is 35.4 Å². The minimum atomic E-state index is 0.117. The van der Waals surface area contributed by atoms with E-state index < -0.39 is 0 Å². The Morgan fingerprint density at radius 3 is 2.59 bits per heavy atom. The van der Waals surface area contributed by atoms with Crippen molar-refractivity contribution in [1.29, 1.82) is 0 Å². The lowest BCUT2D eigenvalue weighted by Gasteiger charge is -2.40. The number of hydrogen-bond donors (Lipinski definition) is 0. The molecule has 2 aromatic rings. The minimum Gasteiger partial charge on any atom is -0.301 e. The van der Waals surface area contributed by atoms with Gasteiger partial charge in [-0.2, -0.15) is 0 Å². The third-order valence-electron chi connectivity index (χ3n) is 6.94. The van der Waals surface area contributed by atoms with Crippen molar-refractivity contribution in [1.82, 2.24) is 9.21 Å². The molecule has 2 fully saturated rings. The SMILES string of the molecule is CC1(C)c2ccccc2SN1CCN1C[C@H]2C[C@H](c3ccc(Cl)cc3)[C@H]2C1. The molecule has 0 spiro atoms. The van der Waals surface area contributed by atoms with Gasteiger partial charge in [-0.3, -0.25) is 0 Å². The minimum absolute atomic E-state index is 0.117. The molecule has 5 rings (SSSR count). The molecule has 1 saturated carbocycles. The maximum absolute atomic E-state index is 6.06. The summed E-state index contributed by atoms with van der Waals surface area (Å²) in [5.41, 5.74) is 3.07. The maximum atomic E-state index is 6.06. The van der Waals surface area contributed by atoms with Crippen molar-refractivity contribution >= 4 is 23.5 Å². The fraction of sp³-hybridized carbons (Fsp3) is 0.478. The van der Waals surface area contributed by atoms with Gasteiger partial charge in [-0.25, -0.2) is 4.31 Å². The lowest BCUT2D eigenvalue weighted by Crippen LogP contribution is -2.38. The lowest BCUT2D eigenvalue weighted by atomic mass is 9.64. The third kappa shape index (κ3) is 3.13. The summed E-state index contributed by atoms with van der Waals surface area (Å²) >= 11 is 7.99. The average Bonchev–Trinajstić information content (AvgIpc) is 3.10. The van der Waals surface area contributed by atoms with E-state index in [1.807, 2.05) is 24.1 Å². The second-order valence-corrected chi connectivity index (χ2v) is 10.3. The largest absolute Gasteiger partial charge is 0.301 e. The van der Waals surface area contributed by atoms with Crippen LogP contribution in [-0.2, 0) is 5.54 Å². The Hall–Kier alpha value is -1.00. The number of fused-ring (bicyclic) bond motifs is 2. The molecule has 2 nitrogen and oxygen atoms in total. The van der Waals surface area contributed by atoms with E-state index in [-0.39, 0.29) is 5.54 Å². The molecule has 0 amide bonds. The molecule has 1 aliphatic carbocycles. The van der Waals surface area contributed by atoms with E-state index in [0.717, 1.165) is 29.3 Å².